The zero-order valence-electron chi connectivity index (χ0n) is 13.6. The predicted molar refractivity (Wildman–Crippen MR) is 94.8 cm³/mol. The van der Waals surface area contributed by atoms with E-state index in [1.807, 2.05) is 31.2 Å². The molecule has 0 heterocycles. The van der Waals surface area contributed by atoms with Crippen LogP contribution in [0.3, 0.4) is 0 Å². The second-order valence-electron chi connectivity index (χ2n) is 5.20. The molecule has 0 fully saturated rings. The zero-order chi connectivity index (χ0) is 17.7. The monoisotopic (exact) mass is 346 g/mol. The summed E-state index contributed by atoms with van der Waals surface area (Å²) in [6.45, 7) is 3.78. The van der Waals surface area contributed by atoms with Gasteiger partial charge in [-0.25, -0.2) is 0 Å². The van der Waals surface area contributed by atoms with E-state index in [0.29, 0.717) is 5.75 Å². The molecule has 0 unspecified atom stereocenters. The molecule has 0 aliphatic heterocycles. The van der Waals surface area contributed by atoms with E-state index in [1.54, 1.807) is 6.92 Å². The molecule has 0 radical (unpaired) electrons. The Kier molecular flexibility index (Phi) is 5.81. The van der Waals surface area contributed by atoms with Crippen LogP contribution in [0.1, 0.15) is 12.5 Å². The minimum atomic E-state index is -0.514. The summed E-state index contributed by atoms with van der Waals surface area (Å²) in [5.41, 5.74) is 1.33. The molecule has 6 nitrogen and oxygen atoms in total. The van der Waals surface area contributed by atoms with Gasteiger partial charge in [-0.05, 0) is 32.0 Å². The highest BCUT2D eigenvalue weighted by atomic mass is 32.2. The maximum atomic E-state index is 12.4. The Morgan fingerprint density at radius 3 is 2.50 bits per heavy atom. The van der Waals surface area contributed by atoms with Crippen LogP contribution < -0.4 is 10.1 Å². The quantitative estimate of drug-likeness (QED) is 0.485. The number of thioether (sulfide) groups is 1. The van der Waals surface area contributed by atoms with Crippen LogP contribution in [0.2, 0.25) is 0 Å². The summed E-state index contributed by atoms with van der Waals surface area (Å²) < 4.78 is 5.15. The van der Waals surface area contributed by atoms with Gasteiger partial charge in [-0.1, -0.05) is 17.7 Å². The number of hydrogen-bond donors (Lipinski definition) is 1. The maximum Gasteiger partial charge on any atom is 0.271 e. The summed E-state index contributed by atoms with van der Waals surface area (Å²) in [7, 11) is 1.45. The first kappa shape index (κ1) is 17.8. The Bertz CT molecular complexity index is 747. The lowest BCUT2D eigenvalue weighted by Gasteiger charge is -2.14. The lowest BCUT2D eigenvalue weighted by molar-refractivity contribution is -0.384. The minimum Gasteiger partial charge on any atom is -0.495 e. The number of amides is 1. The summed E-state index contributed by atoms with van der Waals surface area (Å²) in [6, 6.07) is 12.0. The smallest absolute Gasteiger partial charge is 0.271 e. The second-order valence-corrected chi connectivity index (χ2v) is 6.62. The molecule has 2 aromatic rings. The van der Waals surface area contributed by atoms with Gasteiger partial charge in [0.25, 0.3) is 5.69 Å². The van der Waals surface area contributed by atoms with Gasteiger partial charge in [-0.15, -0.1) is 11.8 Å². The van der Waals surface area contributed by atoms with Gasteiger partial charge in [-0.3, -0.25) is 14.9 Å². The molecule has 7 heteroatoms. The summed E-state index contributed by atoms with van der Waals surface area (Å²) >= 11 is 1.42. The largest absolute Gasteiger partial charge is 0.495 e. The highest BCUT2D eigenvalue weighted by Crippen LogP contribution is 2.30. The molecule has 0 aliphatic rings. The molecule has 0 aromatic heterocycles. The number of aryl methyl sites for hydroxylation is 1. The van der Waals surface area contributed by atoms with Crippen molar-refractivity contribution in [2.24, 2.45) is 0 Å². The molecular formula is C17H18N2O4S. The number of hydrogen-bond acceptors (Lipinski definition) is 5. The third-order valence-electron chi connectivity index (χ3n) is 3.35. The molecule has 24 heavy (non-hydrogen) atoms. The van der Waals surface area contributed by atoms with Gasteiger partial charge >= 0.3 is 0 Å². The Morgan fingerprint density at radius 2 is 1.92 bits per heavy atom. The van der Waals surface area contributed by atoms with Gasteiger partial charge in [0, 0.05) is 17.0 Å². The normalized spacial score (nSPS) is 11.6. The Labute approximate surface area is 144 Å². The van der Waals surface area contributed by atoms with Gasteiger partial charge in [0.05, 0.1) is 23.0 Å². The van der Waals surface area contributed by atoms with Gasteiger partial charge in [-0.2, -0.15) is 0 Å². The number of benzene rings is 2. The first-order valence-corrected chi connectivity index (χ1v) is 8.15. The number of carbonyl (C=O) groups is 1. The third-order valence-corrected chi connectivity index (χ3v) is 4.47. The van der Waals surface area contributed by atoms with E-state index in [9.17, 15) is 14.9 Å². The average Bonchev–Trinajstić information content (AvgIpc) is 2.56. The number of anilines is 1. The fourth-order valence-corrected chi connectivity index (χ4v) is 2.88. The van der Waals surface area contributed by atoms with Gasteiger partial charge in [0.1, 0.15) is 5.75 Å². The Morgan fingerprint density at radius 1 is 1.25 bits per heavy atom. The Hall–Kier alpha value is -2.54. The summed E-state index contributed by atoms with van der Waals surface area (Å²) in [5, 5.41) is 13.2. The third kappa shape index (κ3) is 4.48. The van der Waals surface area contributed by atoms with Crippen LogP contribution in [0.25, 0.3) is 0 Å². The molecule has 0 spiro atoms. The first-order valence-electron chi connectivity index (χ1n) is 7.27. The zero-order valence-corrected chi connectivity index (χ0v) is 14.4. The SMILES string of the molecule is COc1ccc([N+](=O)[O-])cc1NC(=O)[C@H](C)Sc1ccc(C)cc1. The van der Waals surface area contributed by atoms with Crippen LogP contribution >= 0.6 is 11.8 Å². The van der Waals surface area contributed by atoms with E-state index in [1.165, 1.54) is 37.1 Å². The number of carbonyl (C=O) groups excluding carboxylic acids is 1. The highest BCUT2D eigenvalue weighted by molar-refractivity contribution is 8.00. The van der Waals surface area contributed by atoms with Gasteiger partial charge in [0.15, 0.2) is 0 Å². The number of nitrogens with zero attached hydrogens (tertiary/aromatic N) is 1. The van der Waals surface area contributed by atoms with Gasteiger partial charge < -0.3 is 10.1 Å². The number of nitro benzene ring substituents is 1. The fraction of sp³-hybridized carbons (Fsp3) is 0.235. The van der Waals surface area contributed by atoms with E-state index >= 15 is 0 Å². The number of rotatable bonds is 6. The number of nitro groups is 1. The number of ether oxygens (including phenoxy) is 1. The van der Waals surface area contributed by atoms with Crippen molar-refractivity contribution in [2.45, 2.75) is 24.0 Å². The van der Waals surface area contributed by atoms with Crippen molar-refractivity contribution in [3.8, 4) is 5.75 Å². The van der Waals surface area contributed by atoms with Crippen molar-refractivity contribution in [1.82, 2.24) is 0 Å². The minimum absolute atomic E-state index is 0.107. The van der Waals surface area contributed by atoms with Crippen LogP contribution in [0.4, 0.5) is 11.4 Å². The van der Waals surface area contributed by atoms with Crippen LogP contribution in [-0.4, -0.2) is 23.2 Å². The lowest BCUT2D eigenvalue weighted by atomic mass is 10.2. The van der Waals surface area contributed by atoms with Crippen molar-refractivity contribution in [2.75, 3.05) is 12.4 Å². The molecule has 1 amide bonds. The van der Waals surface area contributed by atoms with Crippen molar-refractivity contribution < 1.29 is 14.5 Å². The lowest BCUT2D eigenvalue weighted by Crippen LogP contribution is -2.22. The topological polar surface area (TPSA) is 81.5 Å². The molecule has 2 aromatic carbocycles. The summed E-state index contributed by atoms with van der Waals surface area (Å²) in [4.78, 5) is 23.7. The maximum absolute atomic E-state index is 12.4. The van der Waals surface area contributed by atoms with Crippen molar-refractivity contribution in [1.29, 1.82) is 0 Å². The fourth-order valence-electron chi connectivity index (χ4n) is 2.02. The first-order chi connectivity index (χ1) is 11.4. The van der Waals surface area contributed by atoms with Gasteiger partial charge in [0.2, 0.25) is 5.91 Å². The molecule has 1 N–H and O–H groups in total. The molecule has 2 rings (SSSR count). The Balaban J connectivity index is 2.11. The predicted octanol–water partition coefficient (Wildman–Crippen LogP) is 4.03. The van der Waals surface area contributed by atoms with Crippen LogP contribution in [0.5, 0.6) is 5.75 Å². The molecule has 0 aliphatic carbocycles. The molecule has 0 bridgehead atoms. The molecular weight excluding hydrogens is 328 g/mol. The van der Waals surface area contributed by atoms with Crippen molar-refractivity contribution in [3.63, 3.8) is 0 Å². The average molecular weight is 346 g/mol. The van der Waals surface area contributed by atoms with Crippen molar-refractivity contribution in [3.05, 3.63) is 58.1 Å². The van der Waals surface area contributed by atoms with Crippen molar-refractivity contribution >= 4 is 29.0 Å². The van der Waals surface area contributed by atoms with Crippen LogP contribution in [0, 0.1) is 17.0 Å². The van der Waals surface area contributed by atoms with E-state index in [2.05, 4.69) is 5.32 Å². The van der Waals surface area contributed by atoms with Crippen LogP contribution in [-0.2, 0) is 4.79 Å². The van der Waals surface area contributed by atoms with E-state index in [0.717, 1.165) is 10.5 Å². The second kappa shape index (κ2) is 7.83. The number of methoxy groups -OCH3 is 1. The molecule has 126 valence electrons. The summed E-state index contributed by atoms with van der Waals surface area (Å²) in [5.74, 6) is 0.126. The molecule has 0 saturated heterocycles. The number of non-ortho nitro benzene ring substituents is 1. The number of nitrogens with one attached hydrogen (secondary N) is 1. The van der Waals surface area contributed by atoms with E-state index in [-0.39, 0.29) is 22.5 Å². The summed E-state index contributed by atoms with van der Waals surface area (Å²) in [6.07, 6.45) is 0. The van der Waals surface area contributed by atoms with E-state index < -0.39 is 4.92 Å². The molecule has 1 atom stereocenters. The standard InChI is InChI=1S/C17H18N2O4S/c1-11-4-7-14(8-5-11)24-12(2)17(20)18-15-10-13(19(21)22)6-9-16(15)23-3/h4-10,12H,1-3H3,(H,18,20)/t12-/m0/s1. The highest BCUT2D eigenvalue weighted by Gasteiger charge is 2.18. The van der Waals surface area contributed by atoms with Crippen LogP contribution in [0.15, 0.2) is 47.4 Å². The molecule has 0 saturated carbocycles. The van der Waals surface area contributed by atoms with E-state index in [4.69, 9.17) is 4.74 Å².